The van der Waals surface area contributed by atoms with E-state index in [2.05, 4.69) is 4.98 Å². The number of carboxylic acid groups (broad SMARTS) is 1. The van der Waals surface area contributed by atoms with Crippen molar-refractivity contribution < 1.29 is 14.3 Å². The van der Waals surface area contributed by atoms with Crippen LogP contribution in [0.5, 0.6) is 0 Å². The van der Waals surface area contributed by atoms with Gasteiger partial charge < -0.3 is 5.11 Å². The molecule has 0 amide bonds. The monoisotopic (exact) mass is 281 g/mol. The van der Waals surface area contributed by atoms with E-state index in [1.165, 1.54) is 36.7 Å². The topological polar surface area (TPSA) is 78.9 Å². The number of aromatic nitrogens is 2. The first-order valence-electron chi connectivity index (χ1n) is 6.00. The number of rotatable bonds is 2. The van der Waals surface area contributed by atoms with E-state index >= 15 is 0 Å². The molecule has 1 heterocycles. The molecule has 0 aliphatic heterocycles. The van der Waals surface area contributed by atoms with Crippen molar-refractivity contribution in [1.82, 2.24) is 9.55 Å². The average Bonchev–Trinajstić information content (AvgIpc) is 2.90. The Morgan fingerprint density at radius 1 is 1.29 bits per heavy atom. The van der Waals surface area contributed by atoms with Gasteiger partial charge in [-0.05, 0) is 36.4 Å². The minimum Gasteiger partial charge on any atom is -0.478 e. The largest absolute Gasteiger partial charge is 0.478 e. The normalized spacial score (nSPS) is 10.5. The van der Waals surface area contributed by atoms with Gasteiger partial charge in [0.25, 0.3) is 0 Å². The van der Waals surface area contributed by atoms with Crippen LogP contribution in [0.1, 0.15) is 15.9 Å². The van der Waals surface area contributed by atoms with Crippen LogP contribution >= 0.6 is 0 Å². The van der Waals surface area contributed by atoms with Crippen molar-refractivity contribution in [2.75, 3.05) is 0 Å². The van der Waals surface area contributed by atoms with Crippen molar-refractivity contribution in [3.05, 3.63) is 59.7 Å². The summed E-state index contributed by atoms with van der Waals surface area (Å²) in [6.07, 6.45) is 1.50. The molecule has 0 saturated heterocycles. The van der Waals surface area contributed by atoms with Gasteiger partial charge in [0.05, 0.1) is 22.2 Å². The van der Waals surface area contributed by atoms with Gasteiger partial charge >= 0.3 is 5.97 Å². The number of carbonyl (C=O) groups is 1. The van der Waals surface area contributed by atoms with Crippen LogP contribution in [0.2, 0.25) is 0 Å². The Balaban J connectivity index is 2.18. The maximum absolute atomic E-state index is 13.4. The molecule has 0 fully saturated rings. The van der Waals surface area contributed by atoms with Gasteiger partial charge in [-0.3, -0.25) is 4.57 Å². The lowest BCUT2D eigenvalue weighted by molar-refractivity contribution is 0.0697. The molecule has 0 unspecified atom stereocenters. The van der Waals surface area contributed by atoms with Crippen LogP contribution in [0.3, 0.4) is 0 Å². The summed E-state index contributed by atoms with van der Waals surface area (Å²) in [5.74, 6) is -1.61. The second kappa shape index (κ2) is 4.72. The zero-order chi connectivity index (χ0) is 15.0. The highest BCUT2D eigenvalue weighted by molar-refractivity contribution is 5.92. The summed E-state index contributed by atoms with van der Waals surface area (Å²) in [7, 11) is 0. The fourth-order valence-electron chi connectivity index (χ4n) is 2.10. The minimum absolute atomic E-state index is 0.0588. The first-order valence-corrected chi connectivity index (χ1v) is 6.00. The molecule has 5 nitrogen and oxygen atoms in total. The van der Waals surface area contributed by atoms with Crippen molar-refractivity contribution in [1.29, 1.82) is 5.26 Å². The van der Waals surface area contributed by atoms with E-state index in [9.17, 15) is 9.18 Å². The Labute approximate surface area is 118 Å². The van der Waals surface area contributed by atoms with Gasteiger partial charge in [-0.25, -0.2) is 14.2 Å². The van der Waals surface area contributed by atoms with Gasteiger partial charge in [0.15, 0.2) is 0 Å². The van der Waals surface area contributed by atoms with E-state index < -0.39 is 11.8 Å². The molecule has 3 rings (SSSR count). The Bertz CT molecular complexity index is 909. The summed E-state index contributed by atoms with van der Waals surface area (Å²) < 4.78 is 15.0. The second-order valence-corrected chi connectivity index (χ2v) is 4.40. The van der Waals surface area contributed by atoms with E-state index in [0.29, 0.717) is 16.7 Å². The molecular weight excluding hydrogens is 273 g/mol. The molecule has 1 aromatic heterocycles. The van der Waals surface area contributed by atoms with E-state index in [1.54, 1.807) is 16.7 Å². The maximum Gasteiger partial charge on any atom is 0.335 e. The van der Waals surface area contributed by atoms with Gasteiger partial charge in [-0.15, -0.1) is 0 Å². The number of hydrogen-bond donors (Lipinski definition) is 1. The van der Waals surface area contributed by atoms with Crippen LogP contribution in [0, 0.1) is 17.1 Å². The number of imidazole rings is 1. The van der Waals surface area contributed by atoms with Gasteiger partial charge in [-0.1, -0.05) is 0 Å². The molecule has 0 spiro atoms. The van der Waals surface area contributed by atoms with Crippen molar-refractivity contribution in [3.63, 3.8) is 0 Å². The average molecular weight is 281 g/mol. The molecule has 2 aromatic carbocycles. The molecule has 0 aliphatic rings. The standard InChI is InChI=1S/C15H8FN3O2/c16-12-3-2-11(5-10(12)7-17)19-8-18-13-6-9(15(20)21)1-4-14(13)19/h1-6,8H,(H,20,21). The molecule has 0 saturated carbocycles. The lowest BCUT2D eigenvalue weighted by Crippen LogP contribution is -1.97. The van der Waals surface area contributed by atoms with E-state index in [-0.39, 0.29) is 11.1 Å². The number of carboxylic acids is 1. The molecule has 102 valence electrons. The molecule has 3 aromatic rings. The van der Waals surface area contributed by atoms with Crippen LogP contribution < -0.4 is 0 Å². The van der Waals surface area contributed by atoms with Crippen LogP contribution in [0.25, 0.3) is 16.7 Å². The lowest BCUT2D eigenvalue weighted by Gasteiger charge is -2.05. The first kappa shape index (κ1) is 12.8. The first-order chi connectivity index (χ1) is 10.1. The van der Waals surface area contributed by atoms with Gasteiger partial charge in [0.1, 0.15) is 18.2 Å². The minimum atomic E-state index is -1.03. The summed E-state index contributed by atoms with van der Waals surface area (Å²) >= 11 is 0. The molecule has 1 N–H and O–H groups in total. The number of nitriles is 1. The van der Waals surface area contributed by atoms with E-state index in [0.717, 1.165) is 0 Å². The molecular formula is C15H8FN3O2. The van der Waals surface area contributed by atoms with Crippen molar-refractivity contribution in [2.24, 2.45) is 0 Å². The van der Waals surface area contributed by atoms with Gasteiger partial charge in [-0.2, -0.15) is 5.26 Å². The third-order valence-corrected chi connectivity index (χ3v) is 3.14. The number of aromatic carboxylic acids is 1. The summed E-state index contributed by atoms with van der Waals surface area (Å²) in [6, 6.07) is 10.5. The number of hydrogen-bond acceptors (Lipinski definition) is 3. The third-order valence-electron chi connectivity index (χ3n) is 3.14. The molecule has 21 heavy (non-hydrogen) atoms. The van der Waals surface area contributed by atoms with Crippen LogP contribution in [-0.2, 0) is 0 Å². The highest BCUT2D eigenvalue weighted by atomic mass is 19.1. The fraction of sp³-hybridized carbons (Fsp3) is 0. The number of benzene rings is 2. The quantitative estimate of drug-likeness (QED) is 0.783. The Kier molecular flexibility index (Phi) is 2.88. The Morgan fingerprint density at radius 3 is 2.81 bits per heavy atom. The fourth-order valence-corrected chi connectivity index (χ4v) is 2.10. The van der Waals surface area contributed by atoms with E-state index in [1.807, 2.05) is 0 Å². The molecule has 0 atom stereocenters. The highest BCUT2D eigenvalue weighted by Crippen LogP contribution is 2.21. The number of fused-ring (bicyclic) bond motifs is 1. The third kappa shape index (κ3) is 2.11. The van der Waals surface area contributed by atoms with Crippen LogP contribution in [0.15, 0.2) is 42.7 Å². The zero-order valence-electron chi connectivity index (χ0n) is 10.6. The van der Waals surface area contributed by atoms with Crippen molar-refractivity contribution in [2.45, 2.75) is 0 Å². The smallest absolute Gasteiger partial charge is 0.335 e. The molecule has 0 bridgehead atoms. The highest BCUT2D eigenvalue weighted by Gasteiger charge is 2.10. The predicted molar refractivity (Wildman–Crippen MR) is 72.7 cm³/mol. The number of halogens is 1. The van der Waals surface area contributed by atoms with Crippen molar-refractivity contribution in [3.8, 4) is 11.8 Å². The SMILES string of the molecule is N#Cc1cc(-n2cnc3cc(C(=O)O)ccc32)ccc1F. The summed E-state index contributed by atoms with van der Waals surface area (Å²) in [6.45, 7) is 0. The Hall–Kier alpha value is -3.20. The lowest BCUT2D eigenvalue weighted by atomic mass is 10.2. The Morgan fingerprint density at radius 2 is 2.10 bits per heavy atom. The maximum atomic E-state index is 13.4. The zero-order valence-corrected chi connectivity index (χ0v) is 10.6. The van der Waals surface area contributed by atoms with Gasteiger partial charge in [0.2, 0.25) is 0 Å². The number of nitrogens with zero attached hydrogens (tertiary/aromatic N) is 3. The molecule has 6 heteroatoms. The van der Waals surface area contributed by atoms with Gasteiger partial charge in [0, 0.05) is 5.69 Å². The predicted octanol–water partition coefficient (Wildman–Crippen LogP) is 2.73. The van der Waals surface area contributed by atoms with E-state index in [4.69, 9.17) is 10.4 Å². The van der Waals surface area contributed by atoms with Crippen LogP contribution in [-0.4, -0.2) is 20.6 Å². The molecule has 0 aliphatic carbocycles. The molecule has 0 radical (unpaired) electrons. The van der Waals surface area contributed by atoms with Crippen LogP contribution in [0.4, 0.5) is 4.39 Å². The summed E-state index contributed by atoms with van der Waals surface area (Å²) in [5, 5.41) is 17.8. The summed E-state index contributed by atoms with van der Waals surface area (Å²) in [5.41, 5.74) is 1.85. The second-order valence-electron chi connectivity index (χ2n) is 4.40. The van der Waals surface area contributed by atoms with Crippen molar-refractivity contribution >= 4 is 17.0 Å². The summed E-state index contributed by atoms with van der Waals surface area (Å²) in [4.78, 5) is 15.1.